The average Bonchev–Trinajstić information content (AvgIpc) is 0.841. The third-order valence-electron chi connectivity index (χ3n) is 16.3. The quantitative estimate of drug-likeness (QED) is 0.0549. The fourth-order valence-corrected chi connectivity index (χ4v) is 10.9. The van der Waals surface area contributed by atoms with Gasteiger partial charge in [-0.25, -0.2) is 0 Å². The highest BCUT2D eigenvalue weighted by atomic mass is 16.1. The predicted molar refractivity (Wildman–Crippen MR) is 505 cm³/mol. The van der Waals surface area contributed by atoms with E-state index >= 15 is 0 Å². The topological polar surface area (TPSA) is 17.1 Å². The van der Waals surface area contributed by atoms with E-state index in [1.165, 1.54) is 170 Å². The van der Waals surface area contributed by atoms with Crippen LogP contribution >= 0.6 is 0 Å². The van der Waals surface area contributed by atoms with Gasteiger partial charge in [-0.1, -0.05) is 491 Å². The van der Waals surface area contributed by atoms with Crippen molar-refractivity contribution in [3.8, 4) is 0 Å². The van der Waals surface area contributed by atoms with Gasteiger partial charge >= 0.3 is 0 Å². The Morgan fingerprint density at radius 3 is 0.972 bits per heavy atom. The van der Waals surface area contributed by atoms with E-state index in [-0.39, 0.29) is 16.2 Å². The van der Waals surface area contributed by atoms with Gasteiger partial charge in [0.15, 0.2) is 0 Å². The molecule has 0 heterocycles. The van der Waals surface area contributed by atoms with Crippen LogP contribution in [0.25, 0.3) is 0 Å². The van der Waals surface area contributed by atoms with Gasteiger partial charge in [-0.3, -0.25) is 4.79 Å². The zero-order chi connectivity index (χ0) is 86.4. The van der Waals surface area contributed by atoms with Crippen molar-refractivity contribution in [1.29, 1.82) is 0 Å². The molecule has 0 amide bonds. The highest BCUT2D eigenvalue weighted by Crippen LogP contribution is 2.35. The minimum Gasteiger partial charge on any atom is -0.299 e. The second-order valence-corrected chi connectivity index (χ2v) is 48.2. The molecule has 0 radical (unpaired) electrons. The van der Waals surface area contributed by atoms with Crippen molar-refractivity contribution < 1.29 is 4.79 Å². The highest BCUT2D eigenvalue weighted by molar-refractivity contribution is 5.88. The maximum absolute atomic E-state index is 12.4. The van der Waals surface area contributed by atoms with Gasteiger partial charge in [0, 0.05) is 10.8 Å². The number of aryl methyl sites for hydroxylation is 2. The predicted octanol–water partition coefficient (Wildman–Crippen LogP) is 37.7. The summed E-state index contributed by atoms with van der Waals surface area (Å²) < 4.78 is 0. The number of hydrogen-bond acceptors (Lipinski definition) is 1. The number of rotatable bonds is 27. The van der Waals surface area contributed by atoms with E-state index in [1.54, 1.807) is 0 Å². The lowest BCUT2D eigenvalue weighted by Crippen LogP contribution is -2.34. The molecule has 0 saturated heterocycles. The van der Waals surface area contributed by atoms with Crippen molar-refractivity contribution in [2.24, 2.45) is 65.5 Å². The molecule has 0 aliphatic rings. The van der Waals surface area contributed by atoms with Crippen LogP contribution in [0.2, 0.25) is 0 Å². The smallest absolute Gasteiger partial charge is 0.143 e. The third kappa shape index (κ3) is 114. The highest BCUT2D eigenvalue weighted by Gasteiger charge is 2.35. The van der Waals surface area contributed by atoms with E-state index < -0.39 is 0 Å². The van der Waals surface area contributed by atoms with Crippen LogP contribution in [0.4, 0.5) is 0 Å². The molecule has 0 N–H and O–H groups in total. The Hall–Kier alpha value is -3.19. The second kappa shape index (κ2) is 59.5. The van der Waals surface area contributed by atoms with Crippen molar-refractivity contribution in [1.82, 2.24) is 0 Å². The monoisotopic (exact) mass is 1510 g/mol. The van der Waals surface area contributed by atoms with Crippen LogP contribution in [0.1, 0.15) is 481 Å². The molecular formula is C107H204O. The molecule has 0 aromatic heterocycles. The van der Waals surface area contributed by atoms with E-state index in [4.69, 9.17) is 0 Å². The lowest BCUT2D eigenvalue weighted by Gasteiger charge is -2.30. The largest absolute Gasteiger partial charge is 0.299 e. The summed E-state index contributed by atoms with van der Waals surface area (Å²) in [7, 11) is 0. The summed E-state index contributed by atoms with van der Waals surface area (Å²) in [6.07, 6.45) is 41.9. The molecule has 3 aromatic carbocycles. The van der Waals surface area contributed by atoms with E-state index in [0.29, 0.717) is 59.9 Å². The molecule has 0 aliphatic heterocycles. The number of hydrogen-bond donors (Lipinski definition) is 0. The zero-order valence-corrected chi connectivity index (χ0v) is 83.1. The van der Waals surface area contributed by atoms with Gasteiger partial charge in [-0.2, -0.15) is 0 Å². The SMILES string of the molecule is CC(C)(C)C.CC(C)(C)C.CC(C)(C)C.CC(C)(C)C.CC(C)(C)CCCCC(C)(C)C.CC(C)(C)CCCCCCCC(C)(C)C(=O)C(C)(C)C.CC(C)(C)c1ccccc1.CCC(CCC(C)(C)C)CC(C)(C)C.CCCC/C=C/C/C=C/CCCCCCc1ccccc1.Cc1ccccc1C(C)(C)C. The van der Waals surface area contributed by atoms with Crippen LogP contribution in [-0.2, 0) is 22.0 Å². The maximum Gasteiger partial charge on any atom is 0.143 e. The fraction of sp³-hybridized carbons (Fsp3) is 0.785. The van der Waals surface area contributed by atoms with Gasteiger partial charge in [-0.15, -0.1) is 0 Å². The second-order valence-electron chi connectivity index (χ2n) is 48.2. The molecule has 1 heteroatoms. The van der Waals surface area contributed by atoms with Crippen LogP contribution in [0.3, 0.4) is 0 Å². The zero-order valence-electron chi connectivity index (χ0n) is 83.1. The summed E-state index contributed by atoms with van der Waals surface area (Å²) >= 11 is 0. The van der Waals surface area contributed by atoms with Gasteiger partial charge in [0.05, 0.1) is 0 Å². The van der Waals surface area contributed by atoms with Gasteiger partial charge in [0.25, 0.3) is 0 Å². The van der Waals surface area contributed by atoms with E-state index in [2.05, 4.69) is 400 Å². The van der Waals surface area contributed by atoms with E-state index in [0.717, 1.165) is 18.8 Å². The maximum atomic E-state index is 12.4. The van der Waals surface area contributed by atoms with Gasteiger partial charge in [0.2, 0.25) is 0 Å². The molecule has 0 fully saturated rings. The Bertz CT molecular complexity index is 2440. The summed E-state index contributed by atoms with van der Waals surface area (Å²) in [5.41, 5.74) is 10.4. The first kappa shape index (κ1) is 118. The lowest BCUT2D eigenvalue weighted by molar-refractivity contribution is -0.135. The Labute approximate surface area is 686 Å². The minimum absolute atomic E-state index is 0.163. The average molecular weight is 1510 g/mol. The summed E-state index contributed by atoms with van der Waals surface area (Å²) in [6.45, 7) is 100. The molecule has 1 nitrogen and oxygen atoms in total. The van der Waals surface area contributed by atoms with Crippen molar-refractivity contribution in [3.05, 3.63) is 131 Å². The van der Waals surface area contributed by atoms with Crippen molar-refractivity contribution in [3.63, 3.8) is 0 Å². The Kier molecular flexibility index (Phi) is 65.0. The van der Waals surface area contributed by atoms with Gasteiger partial charge in [-0.05, 0) is 178 Å². The molecule has 0 aliphatic carbocycles. The standard InChI is InChI=1S/C21H32.C19H38O.C14H30.C12H26.C11H16.C10H14.4C5H12/c1-2-3-4-5-6-7-8-9-10-11-12-13-15-18-21-19-16-14-17-20-21;1-17(2,3)14-12-10-9-11-13-15-19(7,8)16(20)18(4,5)6;1-8-12(11-14(5,6)7)9-10-13(2,3)4;1-11(2,3)9-7-8-10-12(4,5)6;1-9-7-5-6-8-10(9)11(2,3)4;1-10(2,3)9-7-5-4-6-8-9;4*1-5(2,3)4/h5-6,8-9,14,16-17,19-20H,2-4,7,10-13,15,18H2,1H3;9-15H2,1-8H3;12H,8-11H2,1-7H3;7-10H2,1-6H3;5-8H,1-4H3;4-8H,1-3H3;4*1-4H3/b6-5+,9-8+;;;;;;;;;. The summed E-state index contributed by atoms with van der Waals surface area (Å²) in [4.78, 5) is 12.4. The first-order valence-electron chi connectivity index (χ1n) is 44.3. The van der Waals surface area contributed by atoms with E-state index in [9.17, 15) is 4.79 Å². The molecule has 108 heavy (non-hydrogen) atoms. The lowest BCUT2D eigenvalue weighted by atomic mass is 9.72. The number of carbonyl (C=O) groups is 1. The van der Waals surface area contributed by atoms with Crippen LogP contribution in [-0.4, -0.2) is 5.78 Å². The molecule has 0 bridgehead atoms. The van der Waals surface area contributed by atoms with Crippen molar-refractivity contribution >= 4 is 5.78 Å². The number of ketones is 1. The number of Topliss-reactive ketones (excluding diaryl/α,β-unsaturated/α-hetero) is 1. The van der Waals surface area contributed by atoms with Crippen LogP contribution in [0.15, 0.2) is 109 Å². The number of benzene rings is 3. The van der Waals surface area contributed by atoms with Crippen molar-refractivity contribution in [2.75, 3.05) is 0 Å². The first-order chi connectivity index (χ1) is 48.3. The number of carbonyl (C=O) groups excluding carboxylic acids is 1. The van der Waals surface area contributed by atoms with Crippen LogP contribution in [0, 0.1) is 72.4 Å². The van der Waals surface area contributed by atoms with Crippen LogP contribution < -0.4 is 0 Å². The molecule has 1 atom stereocenters. The van der Waals surface area contributed by atoms with Gasteiger partial charge < -0.3 is 0 Å². The molecule has 3 aromatic rings. The first-order valence-corrected chi connectivity index (χ1v) is 44.3. The summed E-state index contributed by atoms with van der Waals surface area (Å²) in [6, 6.07) is 29.9. The fourth-order valence-electron chi connectivity index (χ4n) is 10.9. The van der Waals surface area contributed by atoms with Crippen LogP contribution in [0.5, 0.6) is 0 Å². The summed E-state index contributed by atoms with van der Waals surface area (Å²) in [5.74, 6) is 1.33. The van der Waals surface area contributed by atoms with Gasteiger partial charge in [0.1, 0.15) is 5.78 Å². The minimum atomic E-state index is -0.212. The third-order valence-corrected chi connectivity index (χ3v) is 16.3. The molecule has 0 saturated carbocycles. The molecule has 3 rings (SSSR count). The van der Waals surface area contributed by atoms with E-state index in [1.807, 2.05) is 20.8 Å². The Balaban J connectivity index is -0.000000218. The molecular weight excluding hydrogens is 1300 g/mol. The summed E-state index contributed by atoms with van der Waals surface area (Å²) in [5, 5.41) is 0. The number of allylic oxidation sites excluding steroid dienone is 4. The normalized spacial score (nSPS) is 12.8. The molecule has 638 valence electrons. The van der Waals surface area contributed by atoms with Crippen molar-refractivity contribution in [2.45, 2.75) is 483 Å². The number of unbranched alkanes of at least 4 members (excludes halogenated alkanes) is 11. The Morgan fingerprint density at radius 2 is 0.657 bits per heavy atom. The Morgan fingerprint density at radius 1 is 0.333 bits per heavy atom. The molecule has 1 unspecified atom stereocenters. The molecule has 0 spiro atoms.